The summed E-state index contributed by atoms with van der Waals surface area (Å²) in [6.07, 6.45) is 0. The van der Waals surface area contributed by atoms with Crippen LogP contribution in [0.4, 0.5) is 0 Å². The van der Waals surface area contributed by atoms with Crippen molar-refractivity contribution in [1.82, 2.24) is 24.5 Å². The van der Waals surface area contributed by atoms with Crippen molar-refractivity contribution in [2.24, 2.45) is 0 Å². The van der Waals surface area contributed by atoms with Crippen molar-refractivity contribution in [2.75, 3.05) is 0 Å². The summed E-state index contributed by atoms with van der Waals surface area (Å²) in [6, 6.07) is 69.6. The van der Waals surface area contributed by atoms with Crippen molar-refractivity contribution in [1.29, 1.82) is 0 Å². The number of hydrogen-bond donors (Lipinski definition) is 0. The average molecular weight is 728 g/mol. The third-order valence-corrected chi connectivity index (χ3v) is 10.8. The Morgan fingerprint density at radius 1 is 0.281 bits per heavy atom. The summed E-state index contributed by atoms with van der Waals surface area (Å²) in [6.45, 7) is 0. The van der Waals surface area contributed by atoms with E-state index >= 15 is 0 Å². The molecule has 0 radical (unpaired) electrons. The lowest BCUT2D eigenvalue weighted by molar-refractivity contribution is 1.03. The SMILES string of the molecule is c1ccc(-c2cc(-c3ccccc3)nc(-c3cc(-n4c5cccc6ccc7cccc4c7c65)nc(-c4cc(-c5ccccc5)cc(-c5ccccc5)n4)n3)c2)cc1. The van der Waals surface area contributed by atoms with Crippen LogP contribution in [0.25, 0.3) is 106 Å². The lowest BCUT2D eigenvalue weighted by Crippen LogP contribution is -2.04. The van der Waals surface area contributed by atoms with Gasteiger partial charge in [0.25, 0.3) is 0 Å². The van der Waals surface area contributed by atoms with E-state index in [1.165, 1.54) is 21.5 Å². The summed E-state index contributed by atoms with van der Waals surface area (Å²) in [7, 11) is 0. The Bertz CT molecular complexity index is 2880. The summed E-state index contributed by atoms with van der Waals surface area (Å²) < 4.78 is 2.28. The zero-order chi connectivity index (χ0) is 37.7. The van der Waals surface area contributed by atoms with Gasteiger partial charge < -0.3 is 0 Å². The predicted molar refractivity (Wildman–Crippen MR) is 233 cm³/mol. The second-order valence-corrected chi connectivity index (χ2v) is 14.3. The molecule has 0 spiro atoms. The van der Waals surface area contributed by atoms with Crippen LogP contribution >= 0.6 is 0 Å². The molecule has 0 atom stereocenters. The normalized spacial score (nSPS) is 11.5. The lowest BCUT2D eigenvalue weighted by atomic mass is 10.0. The average Bonchev–Trinajstić information content (AvgIpc) is 3.65. The molecule has 11 rings (SSSR count). The summed E-state index contributed by atoms with van der Waals surface area (Å²) in [5.74, 6) is 1.26. The first-order valence-corrected chi connectivity index (χ1v) is 19.1. The van der Waals surface area contributed by atoms with Gasteiger partial charge in [0.2, 0.25) is 0 Å². The highest BCUT2D eigenvalue weighted by molar-refractivity contribution is 6.24. The lowest BCUT2D eigenvalue weighted by Gasteiger charge is -2.14. The van der Waals surface area contributed by atoms with E-state index < -0.39 is 0 Å². The summed E-state index contributed by atoms with van der Waals surface area (Å²) in [4.78, 5) is 21.4. The van der Waals surface area contributed by atoms with Gasteiger partial charge in [-0.25, -0.2) is 19.9 Å². The van der Waals surface area contributed by atoms with Crippen molar-refractivity contribution in [3.63, 3.8) is 0 Å². The maximum Gasteiger partial charge on any atom is 0.180 e. The molecule has 0 amide bonds. The van der Waals surface area contributed by atoms with E-state index in [0.29, 0.717) is 17.2 Å². The fourth-order valence-corrected chi connectivity index (χ4v) is 8.08. The van der Waals surface area contributed by atoms with Crippen LogP contribution in [-0.2, 0) is 0 Å². The summed E-state index contributed by atoms with van der Waals surface area (Å²) >= 11 is 0. The molecule has 4 aromatic heterocycles. The highest BCUT2D eigenvalue weighted by atomic mass is 15.1. The highest BCUT2D eigenvalue weighted by Crippen LogP contribution is 2.40. The first kappa shape index (κ1) is 32.7. The second kappa shape index (κ2) is 13.5. The minimum atomic E-state index is 0.515. The van der Waals surface area contributed by atoms with Crippen molar-refractivity contribution >= 4 is 32.6 Å². The van der Waals surface area contributed by atoms with Gasteiger partial charge in [0.15, 0.2) is 5.82 Å². The predicted octanol–water partition coefficient (Wildman–Crippen LogP) is 13.0. The van der Waals surface area contributed by atoms with Gasteiger partial charge in [-0.2, -0.15) is 0 Å². The molecule has 11 aromatic rings. The van der Waals surface area contributed by atoms with E-state index in [1.54, 1.807) is 0 Å². The summed E-state index contributed by atoms with van der Waals surface area (Å²) in [5, 5.41) is 4.83. The van der Waals surface area contributed by atoms with E-state index in [2.05, 4.69) is 168 Å². The van der Waals surface area contributed by atoms with Crippen molar-refractivity contribution in [3.05, 3.63) is 200 Å². The van der Waals surface area contributed by atoms with Gasteiger partial charge >= 0.3 is 0 Å². The van der Waals surface area contributed by atoms with Crippen LogP contribution in [0.1, 0.15) is 0 Å². The third-order valence-electron chi connectivity index (χ3n) is 10.8. The molecule has 0 fully saturated rings. The molecule has 5 heteroatoms. The molecule has 5 nitrogen and oxygen atoms in total. The van der Waals surface area contributed by atoms with Gasteiger partial charge in [-0.1, -0.05) is 158 Å². The van der Waals surface area contributed by atoms with Crippen LogP contribution in [0.5, 0.6) is 0 Å². The minimum absolute atomic E-state index is 0.515. The van der Waals surface area contributed by atoms with Gasteiger partial charge in [0.1, 0.15) is 11.5 Å². The van der Waals surface area contributed by atoms with Crippen LogP contribution in [0.3, 0.4) is 0 Å². The zero-order valence-corrected chi connectivity index (χ0v) is 30.8. The molecule has 0 saturated heterocycles. The minimum Gasteiger partial charge on any atom is -0.294 e. The number of nitrogens with zero attached hydrogens (tertiary/aromatic N) is 5. The zero-order valence-electron chi connectivity index (χ0n) is 30.8. The monoisotopic (exact) mass is 727 g/mol. The number of rotatable bonds is 7. The molecule has 0 N–H and O–H groups in total. The Hall–Kier alpha value is -7.76. The Kier molecular flexibility index (Phi) is 7.74. The first-order chi connectivity index (χ1) is 28.2. The standard InChI is InChI=1S/C52H33N5/c1-5-15-34(16-6-1)40-29-42(36-19-9-3-10-20-36)53-44(31-40)45-33-49(57-47-25-13-23-38-27-28-39-24-14-26-48(57)51(39)50(38)47)56-52(55-45)46-32-41(35-17-7-2-8-18-35)30-43(54-46)37-21-11-4-12-22-37/h1-33H. The van der Waals surface area contributed by atoms with Gasteiger partial charge in [-0.15, -0.1) is 0 Å². The van der Waals surface area contributed by atoms with Gasteiger partial charge in [0.05, 0.1) is 33.8 Å². The van der Waals surface area contributed by atoms with Crippen molar-refractivity contribution < 1.29 is 0 Å². The number of hydrogen-bond acceptors (Lipinski definition) is 4. The van der Waals surface area contributed by atoms with Gasteiger partial charge in [-0.3, -0.25) is 4.57 Å². The van der Waals surface area contributed by atoms with Crippen molar-refractivity contribution in [3.8, 4) is 73.5 Å². The Morgan fingerprint density at radius 2 is 0.702 bits per heavy atom. The van der Waals surface area contributed by atoms with Crippen LogP contribution < -0.4 is 0 Å². The maximum absolute atomic E-state index is 5.42. The van der Waals surface area contributed by atoms with Crippen LogP contribution in [0.2, 0.25) is 0 Å². The molecular formula is C52H33N5. The molecule has 57 heavy (non-hydrogen) atoms. The number of benzene rings is 7. The number of pyridine rings is 2. The van der Waals surface area contributed by atoms with Crippen LogP contribution in [0.15, 0.2) is 200 Å². The third kappa shape index (κ3) is 5.81. The molecule has 4 heterocycles. The molecular weight excluding hydrogens is 695 g/mol. The molecule has 0 unspecified atom stereocenters. The molecule has 0 saturated carbocycles. The molecule has 7 aromatic carbocycles. The Labute approximate surface area is 329 Å². The van der Waals surface area contributed by atoms with E-state index in [-0.39, 0.29) is 0 Å². The smallest absolute Gasteiger partial charge is 0.180 e. The van der Waals surface area contributed by atoms with E-state index in [1.807, 2.05) is 36.4 Å². The van der Waals surface area contributed by atoms with E-state index in [0.717, 1.165) is 67.3 Å². The summed E-state index contributed by atoms with van der Waals surface area (Å²) in [5.41, 5.74) is 12.3. The molecule has 0 aliphatic carbocycles. The maximum atomic E-state index is 5.42. The number of aromatic nitrogens is 5. The molecule has 0 bridgehead atoms. The van der Waals surface area contributed by atoms with Gasteiger partial charge in [0, 0.05) is 28.0 Å². The van der Waals surface area contributed by atoms with E-state index in [4.69, 9.17) is 19.9 Å². The van der Waals surface area contributed by atoms with Crippen LogP contribution in [-0.4, -0.2) is 24.5 Å². The van der Waals surface area contributed by atoms with Gasteiger partial charge in [-0.05, 0) is 69.4 Å². The fourth-order valence-electron chi connectivity index (χ4n) is 8.08. The van der Waals surface area contributed by atoms with Crippen molar-refractivity contribution in [2.45, 2.75) is 0 Å². The van der Waals surface area contributed by atoms with Crippen LogP contribution in [0, 0.1) is 0 Å². The molecule has 0 aliphatic rings. The van der Waals surface area contributed by atoms with E-state index in [9.17, 15) is 0 Å². The molecule has 266 valence electrons. The first-order valence-electron chi connectivity index (χ1n) is 19.1. The highest BCUT2D eigenvalue weighted by Gasteiger charge is 2.21. The Balaban J connectivity index is 1.21. The molecule has 0 aliphatic heterocycles. The second-order valence-electron chi connectivity index (χ2n) is 14.3. The quantitative estimate of drug-likeness (QED) is 0.153. The topological polar surface area (TPSA) is 56.5 Å². The Morgan fingerprint density at radius 3 is 1.21 bits per heavy atom. The fraction of sp³-hybridized carbons (Fsp3) is 0. The largest absolute Gasteiger partial charge is 0.294 e.